The smallest absolute Gasteiger partial charge is 0.163 e. The van der Waals surface area contributed by atoms with Crippen LogP contribution in [-0.2, 0) is 4.79 Å². The van der Waals surface area contributed by atoms with Crippen LogP contribution in [0.1, 0.15) is 38.3 Å². The highest BCUT2D eigenvalue weighted by Crippen LogP contribution is 2.45. The van der Waals surface area contributed by atoms with Gasteiger partial charge in [-0.1, -0.05) is 49.7 Å². The molecule has 2 aromatic carbocycles. The summed E-state index contributed by atoms with van der Waals surface area (Å²) in [5, 5.41) is 7.76. The summed E-state index contributed by atoms with van der Waals surface area (Å²) >= 11 is 6.22. The number of fused-ring (bicyclic) bond motifs is 1. The Kier molecular flexibility index (Phi) is 3.84. The fraction of sp³-hybridized carbons (Fsp3) is 0.286. The summed E-state index contributed by atoms with van der Waals surface area (Å²) in [5.41, 5.74) is 4.81. The Morgan fingerprint density at radius 2 is 1.80 bits per heavy atom. The highest BCUT2D eigenvalue weighted by atomic mass is 35.5. The molecule has 0 saturated carbocycles. The van der Waals surface area contributed by atoms with E-state index in [0.29, 0.717) is 11.4 Å². The second kappa shape index (κ2) is 5.92. The van der Waals surface area contributed by atoms with Crippen LogP contribution in [-0.4, -0.2) is 5.78 Å². The molecule has 2 N–H and O–H groups in total. The fourth-order valence-corrected chi connectivity index (χ4v) is 4.02. The van der Waals surface area contributed by atoms with Crippen molar-refractivity contribution < 1.29 is 4.79 Å². The Morgan fingerprint density at radius 3 is 2.56 bits per heavy atom. The van der Waals surface area contributed by atoms with Gasteiger partial charge < -0.3 is 10.6 Å². The molecule has 1 aliphatic heterocycles. The summed E-state index contributed by atoms with van der Waals surface area (Å²) in [6.45, 7) is 4.30. The summed E-state index contributed by atoms with van der Waals surface area (Å²) in [4.78, 5) is 13.0. The van der Waals surface area contributed by atoms with Crippen molar-refractivity contribution in [2.45, 2.75) is 32.7 Å². The van der Waals surface area contributed by atoms with Crippen LogP contribution < -0.4 is 10.6 Å². The molecule has 4 rings (SSSR count). The molecule has 1 aliphatic carbocycles. The van der Waals surface area contributed by atoms with E-state index >= 15 is 0 Å². The standard InChI is InChI=1S/C21H21ClN2O/c1-21(2)11-17-19(18(25)12-21)20(13-6-5-7-14(22)10-13)24-16-9-4-3-8-15(16)23-17/h3-10,20,23-24H,11-12H2,1-2H3/t20-/m1/s1. The Balaban J connectivity index is 1.90. The zero-order chi connectivity index (χ0) is 17.6. The van der Waals surface area contributed by atoms with Gasteiger partial charge in [0.25, 0.3) is 0 Å². The maximum atomic E-state index is 13.0. The number of allylic oxidation sites excluding steroid dienone is 1. The molecule has 128 valence electrons. The van der Waals surface area contributed by atoms with Crippen LogP contribution in [0.25, 0.3) is 0 Å². The lowest BCUT2D eigenvalue weighted by Gasteiger charge is -2.34. The van der Waals surface area contributed by atoms with Crippen molar-refractivity contribution in [3.8, 4) is 0 Å². The molecule has 0 fully saturated rings. The number of ketones is 1. The van der Waals surface area contributed by atoms with Gasteiger partial charge >= 0.3 is 0 Å². The highest BCUT2D eigenvalue weighted by Gasteiger charge is 2.38. The first-order valence-corrected chi connectivity index (χ1v) is 8.95. The molecule has 3 nitrogen and oxygen atoms in total. The number of halogens is 1. The average molecular weight is 353 g/mol. The summed E-state index contributed by atoms with van der Waals surface area (Å²) in [6, 6.07) is 15.6. The van der Waals surface area contributed by atoms with Gasteiger partial charge in [0.05, 0.1) is 17.4 Å². The van der Waals surface area contributed by atoms with Gasteiger partial charge in [-0.05, 0) is 41.7 Å². The van der Waals surface area contributed by atoms with Gasteiger partial charge in [-0.2, -0.15) is 0 Å². The fourth-order valence-electron chi connectivity index (χ4n) is 3.83. The summed E-state index contributed by atoms with van der Waals surface area (Å²) in [5.74, 6) is 0.198. The number of carbonyl (C=O) groups is 1. The molecule has 2 aliphatic rings. The molecule has 0 unspecified atom stereocenters. The molecular weight excluding hydrogens is 332 g/mol. The lowest BCUT2D eigenvalue weighted by Crippen LogP contribution is -2.31. The number of carbonyl (C=O) groups excluding carboxylic acids is 1. The molecule has 0 spiro atoms. The lowest BCUT2D eigenvalue weighted by molar-refractivity contribution is -0.118. The van der Waals surface area contributed by atoms with Crippen molar-refractivity contribution in [3.05, 3.63) is 70.4 Å². The number of Topliss-reactive ketones (excluding diaryl/α,β-unsaturated/α-hetero) is 1. The van der Waals surface area contributed by atoms with E-state index in [0.717, 1.165) is 34.6 Å². The van der Waals surface area contributed by atoms with Crippen LogP contribution in [0, 0.1) is 5.41 Å². The molecular formula is C21H21ClN2O. The Hall–Kier alpha value is -2.26. The summed E-state index contributed by atoms with van der Waals surface area (Å²) < 4.78 is 0. The molecule has 0 radical (unpaired) electrons. The third kappa shape index (κ3) is 3.05. The Morgan fingerprint density at radius 1 is 1.04 bits per heavy atom. The number of anilines is 2. The van der Waals surface area contributed by atoms with Crippen LogP contribution in [0.2, 0.25) is 5.02 Å². The SMILES string of the molecule is CC1(C)CC(=O)C2=C(C1)Nc1ccccc1N[C@@H]2c1cccc(Cl)c1. The van der Waals surface area contributed by atoms with Gasteiger partial charge in [0, 0.05) is 22.7 Å². The lowest BCUT2D eigenvalue weighted by atomic mass is 9.73. The number of para-hydroxylation sites is 2. The highest BCUT2D eigenvalue weighted by molar-refractivity contribution is 6.30. The second-order valence-electron chi connectivity index (χ2n) is 7.64. The molecule has 1 heterocycles. The Labute approximate surface area is 153 Å². The molecule has 0 bridgehead atoms. The zero-order valence-electron chi connectivity index (χ0n) is 14.4. The first-order valence-electron chi connectivity index (χ1n) is 8.57. The maximum absolute atomic E-state index is 13.0. The van der Waals surface area contributed by atoms with Gasteiger partial charge in [-0.25, -0.2) is 0 Å². The number of benzene rings is 2. The van der Waals surface area contributed by atoms with E-state index < -0.39 is 0 Å². The van der Waals surface area contributed by atoms with E-state index in [4.69, 9.17) is 11.6 Å². The number of hydrogen-bond acceptors (Lipinski definition) is 3. The van der Waals surface area contributed by atoms with Crippen LogP contribution in [0.5, 0.6) is 0 Å². The van der Waals surface area contributed by atoms with Crippen LogP contribution >= 0.6 is 11.6 Å². The number of hydrogen-bond donors (Lipinski definition) is 2. The average Bonchev–Trinajstić information content (AvgIpc) is 2.70. The van der Waals surface area contributed by atoms with Crippen molar-refractivity contribution in [1.82, 2.24) is 0 Å². The predicted octanol–water partition coefficient (Wildman–Crippen LogP) is 5.56. The predicted molar refractivity (Wildman–Crippen MR) is 103 cm³/mol. The third-order valence-corrected chi connectivity index (χ3v) is 5.14. The van der Waals surface area contributed by atoms with Crippen LogP contribution in [0.15, 0.2) is 59.8 Å². The third-order valence-electron chi connectivity index (χ3n) is 4.90. The van der Waals surface area contributed by atoms with Gasteiger partial charge in [0.2, 0.25) is 0 Å². The minimum Gasteiger partial charge on any atom is -0.372 e. The first-order chi connectivity index (χ1) is 11.9. The zero-order valence-corrected chi connectivity index (χ0v) is 15.2. The number of rotatable bonds is 1. The van der Waals surface area contributed by atoms with Gasteiger partial charge in [-0.3, -0.25) is 4.79 Å². The maximum Gasteiger partial charge on any atom is 0.163 e. The molecule has 0 saturated heterocycles. The normalized spacial score (nSPS) is 21.6. The van der Waals surface area contributed by atoms with Crippen molar-refractivity contribution in [1.29, 1.82) is 0 Å². The van der Waals surface area contributed by atoms with E-state index in [1.165, 1.54) is 0 Å². The van der Waals surface area contributed by atoms with Crippen LogP contribution in [0.4, 0.5) is 11.4 Å². The van der Waals surface area contributed by atoms with Crippen molar-refractivity contribution in [2.24, 2.45) is 5.41 Å². The molecule has 1 atom stereocenters. The summed E-state index contributed by atoms with van der Waals surface area (Å²) in [7, 11) is 0. The van der Waals surface area contributed by atoms with E-state index in [1.807, 2.05) is 48.5 Å². The van der Waals surface area contributed by atoms with E-state index in [-0.39, 0.29) is 17.2 Å². The van der Waals surface area contributed by atoms with Gasteiger partial charge in [0.15, 0.2) is 5.78 Å². The van der Waals surface area contributed by atoms with E-state index in [9.17, 15) is 4.79 Å². The quantitative estimate of drug-likeness (QED) is 0.705. The summed E-state index contributed by atoms with van der Waals surface area (Å²) in [6.07, 6.45) is 1.41. The van der Waals surface area contributed by atoms with Crippen molar-refractivity contribution in [2.75, 3.05) is 10.6 Å². The van der Waals surface area contributed by atoms with Crippen LogP contribution in [0.3, 0.4) is 0 Å². The van der Waals surface area contributed by atoms with Gasteiger partial charge in [-0.15, -0.1) is 0 Å². The second-order valence-corrected chi connectivity index (χ2v) is 8.07. The molecule has 0 aromatic heterocycles. The van der Waals surface area contributed by atoms with Crippen molar-refractivity contribution in [3.63, 3.8) is 0 Å². The first kappa shape index (κ1) is 16.2. The Bertz CT molecular complexity index is 885. The molecule has 25 heavy (non-hydrogen) atoms. The van der Waals surface area contributed by atoms with E-state index in [1.54, 1.807) is 0 Å². The topological polar surface area (TPSA) is 41.1 Å². The van der Waals surface area contributed by atoms with Crippen molar-refractivity contribution >= 4 is 28.8 Å². The van der Waals surface area contributed by atoms with Gasteiger partial charge in [0.1, 0.15) is 0 Å². The minimum atomic E-state index is -0.201. The minimum absolute atomic E-state index is 0.0406. The van der Waals surface area contributed by atoms with E-state index in [2.05, 4.69) is 24.5 Å². The molecule has 0 amide bonds. The molecule has 4 heteroatoms. The monoisotopic (exact) mass is 352 g/mol. The largest absolute Gasteiger partial charge is 0.372 e. The number of nitrogens with one attached hydrogen (secondary N) is 2. The molecule has 2 aromatic rings.